The summed E-state index contributed by atoms with van der Waals surface area (Å²) in [6.45, 7) is -0.642. The highest BCUT2D eigenvalue weighted by Crippen LogP contribution is 2.38. The van der Waals surface area contributed by atoms with E-state index in [1.54, 1.807) is 11.3 Å². The van der Waals surface area contributed by atoms with E-state index in [4.69, 9.17) is 9.47 Å². The highest BCUT2D eigenvalue weighted by molar-refractivity contribution is 7.19. The second-order valence-electron chi connectivity index (χ2n) is 7.18. The van der Waals surface area contributed by atoms with Crippen molar-refractivity contribution in [1.82, 2.24) is 0 Å². The first-order valence-electron chi connectivity index (χ1n) is 9.43. The molecule has 3 N–H and O–H groups in total. The number of Topliss-reactive ketones (excluding diaryl/α,β-unsaturated/α-hetero) is 1. The highest BCUT2D eigenvalue weighted by atomic mass is 32.1. The minimum Gasteiger partial charge on any atom is -0.496 e. The fourth-order valence-electron chi connectivity index (χ4n) is 3.70. The minimum absolute atomic E-state index is 0.120. The number of methoxy groups -OCH3 is 1. The van der Waals surface area contributed by atoms with Crippen molar-refractivity contribution in [3.05, 3.63) is 64.3 Å². The first-order valence-corrected chi connectivity index (χ1v) is 10.2. The van der Waals surface area contributed by atoms with Crippen molar-refractivity contribution in [3.63, 3.8) is 0 Å². The van der Waals surface area contributed by atoms with Crippen LogP contribution in [0.3, 0.4) is 0 Å². The van der Waals surface area contributed by atoms with E-state index in [1.807, 2.05) is 30.3 Å². The van der Waals surface area contributed by atoms with Gasteiger partial charge in [0.2, 0.25) is 0 Å². The molecule has 1 aliphatic rings. The lowest BCUT2D eigenvalue weighted by Crippen LogP contribution is -2.52. The Hall–Kier alpha value is -2.36. The number of thiophene rings is 1. The largest absolute Gasteiger partial charge is 0.496 e. The van der Waals surface area contributed by atoms with Gasteiger partial charge in [0.1, 0.15) is 36.0 Å². The van der Waals surface area contributed by atoms with E-state index < -0.39 is 42.6 Å². The Balaban J connectivity index is 1.72. The van der Waals surface area contributed by atoms with E-state index in [9.17, 15) is 24.5 Å². The number of hydrogen-bond acceptors (Lipinski definition) is 7. The summed E-state index contributed by atoms with van der Waals surface area (Å²) in [5.41, 5.74) is 0.660. The molecule has 2 heterocycles. The van der Waals surface area contributed by atoms with Crippen molar-refractivity contribution < 1.29 is 34.0 Å². The van der Waals surface area contributed by atoms with Crippen LogP contribution < -0.4 is 4.74 Å². The van der Waals surface area contributed by atoms with E-state index in [-0.39, 0.29) is 5.75 Å². The van der Waals surface area contributed by atoms with E-state index in [1.165, 1.54) is 19.2 Å². The SMILES string of the molecule is COc1cc(F)c(Cc2cc3ccccc3s2)cc1[C@@H]1O[C@H](CO)C(=O)[C@H](O)[C@@H]1O. The van der Waals surface area contributed by atoms with Crippen LogP contribution in [-0.2, 0) is 16.0 Å². The number of aliphatic hydroxyl groups excluding tert-OH is 3. The summed E-state index contributed by atoms with van der Waals surface area (Å²) in [6, 6.07) is 12.6. The lowest BCUT2D eigenvalue weighted by Gasteiger charge is -2.36. The first kappa shape index (κ1) is 20.9. The third-order valence-corrected chi connectivity index (χ3v) is 6.38. The number of carbonyl (C=O) groups is 1. The monoisotopic (exact) mass is 432 g/mol. The first-order chi connectivity index (χ1) is 14.4. The van der Waals surface area contributed by atoms with Gasteiger partial charge in [0.25, 0.3) is 0 Å². The van der Waals surface area contributed by atoms with Crippen molar-refractivity contribution in [2.45, 2.75) is 30.8 Å². The zero-order valence-electron chi connectivity index (χ0n) is 16.1. The smallest absolute Gasteiger partial charge is 0.195 e. The average molecular weight is 432 g/mol. The topological polar surface area (TPSA) is 96.2 Å². The van der Waals surface area contributed by atoms with Gasteiger partial charge in [0.15, 0.2) is 5.78 Å². The summed E-state index contributed by atoms with van der Waals surface area (Å²) in [5, 5.41) is 31.0. The van der Waals surface area contributed by atoms with Crippen molar-refractivity contribution in [3.8, 4) is 5.75 Å². The maximum atomic E-state index is 14.8. The molecule has 8 heteroatoms. The molecule has 4 rings (SSSR count). The van der Waals surface area contributed by atoms with Gasteiger partial charge < -0.3 is 24.8 Å². The molecule has 1 fully saturated rings. The maximum absolute atomic E-state index is 14.8. The van der Waals surface area contributed by atoms with Crippen molar-refractivity contribution in [2.75, 3.05) is 13.7 Å². The molecule has 1 saturated heterocycles. The van der Waals surface area contributed by atoms with Crippen LogP contribution in [0.25, 0.3) is 10.1 Å². The van der Waals surface area contributed by atoms with Gasteiger partial charge in [0, 0.05) is 27.6 Å². The third-order valence-electron chi connectivity index (χ3n) is 5.27. The number of ketones is 1. The molecule has 0 spiro atoms. The highest BCUT2D eigenvalue weighted by Gasteiger charge is 2.44. The van der Waals surface area contributed by atoms with Crippen LogP contribution in [0, 0.1) is 5.82 Å². The Bertz CT molecular complexity index is 1040. The molecule has 30 heavy (non-hydrogen) atoms. The van der Waals surface area contributed by atoms with Crippen molar-refractivity contribution in [1.29, 1.82) is 0 Å². The summed E-state index contributed by atoms with van der Waals surface area (Å²) < 4.78 is 26.7. The van der Waals surface area contributed by atoms with Gasteiger partial charge in [-0.3, -0.25) is 4.79 Å². The predicted molar refractivity (Wildman–Crippen MR) is 109 cm³/mol. The van der Waals surface area contributed by atoms with E-state index in [2.05, 4.69) is 0 Å². The van der Waals surface area contributed by atoms with Crippen LogP contribution >= 0.6 is 11.3 Å². The molecule has 0 bridgehead atoms. The van der Waals surface area contributed by atoms with E-state index in [0.29, 0.717) is 17.5 Å². The van der Waals surface area contributed by atoms with Crippen LogP contribution in [0.4, 0.5) is 4.39 Å². The number of carbonyl (C=O) groups excluding carboxylic acids is 1. The quantitative estimate of drug-likeness (QED) is 0.573. The number of benzene rings is 2. The molecular weight excluding hydrogens is 411 g/mol. The second-order valence-corrected chi connectivity index (χ2v) is 8.35. The van der Waals surface area contributed by atoms with Gasteiger partial charge in [-0.2, -0.15) is 0 Å². The van der Waals surface area contributed by atoms with Crippen molar-refractivity contribution in [2.24, 2.45) is 0 Å². The summed E-state index contributed by atoms with van der Waals surface area (Å²) in [7, 11) is 1.35. The molecule has 158 valence electrons. The standard InChI is InChI=1S/C22H21FO6S/c1-28-16-9-15(23)12(7-13-6-11-4-2-3-5-18(11)30-13)8-14(16)22-21(27)20(26)19(25)17(10-24)29-22/h2-6,8-9,17,20-22,24,26-27H,7,10H2,1H3/t17-,20+,21+,22+/m1/s1. The maximum Gasteiger partial charge on any atom is 0.195 e. The zero-order chi connectivity index (χ0) is 21.4. The third kappa shape index (κ3) is 3.73. The van der Waals surface area contributed by atoms with Gasteiger partial charge in [-0.05, 0) is 29.1 Å². The Labute approximate surface area is 176 Å². The second kappa shape index (κ2) is 8.41. The number of hydrogen-bond donors (Lipinski definition) is 3. The minimum atomic E-state index is -1.72. The number of ether oxygens (including phenoxy) is 2. The molecule has 0 unspecified atom stereocenters. The lowest BCUT2D eigenvalue weighted by atomic mass is 9.90. The Kier molecular flexibility index (Phi) is 5.86. The summed E-state index contributed by atoms with van der Waals surface area (Å²) in [5.74, 6) is -1.16. The van der Waals surface area contributed by atoms with Gasteiger partial charge in [-0.25, -0.2) is 4.39 Å². The van der Waals surface area contributed by atoms with Gasteiger partial charge in [0.05, 0.1) is 13.7 Å². The van der Waals surface area contributed by atoms with Crippen LogP contribution in [-0.4, -0.2) is 53.1 Å². The zero-order valence-corrected chi connectivity index (χ0v) is 16.9. The van der Waals surface area contributed by atoms with E-state index in [0.717, 1.165) is 15.0 Å². The van der Waals surface area contributed by atoms with Crippen LogP contribution in [0.2, 0.25) is 0 Å². The Morgan fingerprint density at radius 2 is 1.97 bits per heavy atom. The molecule has 3 aromatic rings. The molecule has 4 atom stereocenters. The summed E-state index contributed by atoms with van der Waals surface area (Å²) in [6.07, 6.45) is -5.42. The molecule has 6 nitrogen and oxygen atoms in total. The summed E-state index contributed by atoms with van der Waals surface area (Å²) >= 11 is 1.56. The van der Waals surface area contributed by atoms with Crippen LogP contribution in [0.1, 0.15) is 22.1 Å². The Morgan fingerprint density at radius 1 is 1.20 bits per heavy atom. The number of halogens is 1. The fraction of sp³-hybridized carbons (Fsp3) is 0.318. The normalized spacial score (nSPS) is 24.4. The van der Waals surface area contributed by atoms with E-state index >= 15 is 0 Å². The van der Waals surface area contributed by atoms with Gasteiger partial charge in [-0.15, -0.1) is 11.3 Å². The number of aliphatic hydroxyl groups is 3. The molecule has 2 aromatic carbocycles. The average Bonchev–Trinajstić information content (AvgIpc) is 3.16. The molecular formula is C22H21FO6S. The molecule has 1 aromatic heterocycles. The Morgan fingerprint density at radius 3 is 2.67 bits per heavy atom. The summed E-state index contributed by atoms with van der Waals surface area (Å²) in [4.78, 5) is 12.9. The fourth-order valence-corrected chi connectivity index (χ4v) is 4.79. The number of fused-ring (bicyclic) bond motifs is 1. The molecule has 0 radical (unpaired) electrons. The van der Waals surface area contributed by atoms with Crippen molar-refractivity contribution >= 4 is 27.2 Å². The molecule has 0 amide bonds. The van der Waals surface area contributed by atoms with Gasteiger partial charge in [-0.1, -0.05) is 18.2 Å². The molecule has 1 aliphatic heterocycles. The van der Waals surface area contributed by atoms with Gasteiger partial charge >= 0.3 is 0 Å². The molecule has 0 saturated carbocycles. The van der Waals surface area contributed by atoms with Crippen LogP contribution in [0.5, 0.6) is 5.75 Å². The number of rotatable bonds is 5. The predicted octanol–water partition coefficient (Wildman–Crippen LogP) is 2.36. The van der Waals surface area contributed by atoms with Crippen LogP contribution in [0.15, 0.2) is 42.5 Å². The lowest BCUT2D eigenvalue weighted by molar-refractivity contribution is -0.188. The molecule has 0 aliphatic carbocycles.